The van der Waals surface area contributed by atoms with Gasteiger partial charge in [-0.1, -0.05) is 18.2 Å². The summed E-state index contributed by atoms with van der Waals surface area (Å²) in [5.41, 5.74) is 6.25. The van der Waals surface area contributed by atoms with Crippen LogP contribution in [0.25, 0.3) is 0 Å². The molecule has 2 N–H and O–H groups in total. The molecule has 3 heteroatoms. The van der Waals surface area contributed by atoms with Gasteiger partial charge in [-0.05, 0) is 24.1 Å². The van der Waals surface area contributed by atoms with Gasteiger partial charge in [-0.2, -0.15) is 0 Å². The van der Waals surface area contributed by atoms with Gasteiger partial charge in [0.1, 0.15) is 5.82 Å². The Balaban J connectivity index is 2.62. The number of carbonyl (C=O) groups excluding carboxylic acids is 1. The molecule has 15 heavy (non-hydrogen) atoms. The highest BCUT2D eigenvalue weighted by molar-refractivity contribution is 5.85. The number of carbonyl (C=O) groups is 1. The van der Waals surface area contributed by atoms with Gasteiger partial charge in [-0.3, -0.25) is 4.79 Å². The lowest BCUT2D eigenvalue weighted by Gasteiger charge is -2.07. The molecular formula is C12H14FNO. The van der Waals surface area contributed by atoms with Crippen LogP contribution in [0.4, 0.5) is 4.39 Å². The quantitative estimate of drug-likeness (QED) is 0.749. The first-order chi connectivity index (χ1) is 7.13. The van der Waals surface area contributed by atoms with Gasteiger partial charge in [0, 0.05) is 6.42 Å². The first-order valence-corrected chi connectivity index (χ1v) is 4.77. The number of nitrogens with two attached hydrogens (primary N) is 1. The molecule has 80 valence electrons. The zero-order valence-corrected chi connectivity index (χ0v) is 8.45. The third-order valence-electron chi connectivity index (χ3n) is 2.10. The molecule has 1 aromatic carbocycles. The van der Waals surface area contributed by atoms with Crippen LogP contribution >= 0.6 is 0 Å². The molecule has 0 fully saturated rings. The predicted octanol–water partition coefficient (Wildman–Crippen LogP) is 1.84. The van der Waals surface area contributed by atoms with Gasteiger partial charge in [0.25, 0.3) is 0 Å². The first-order valence-electron chi connectivity index (χ1n) is 4.77. The van der Waals surface area contributed by atoms with Crippen molar-refractivity contribution in [3.63, 3.8) is 0 Å². The molecule has 1 rings (SSSR count). The highest BCUT2D eigenvalue weighted by atomic mass is 19.1. The smallest absolute Gasteiger partial charge is 0.154 e. The molecule has 1 atom stereocenters. The van der Waals surface area contributed by atoms with E-state index < -0.39 is 6.04 Å². The van der Waals surface area contributed by atoms with Crippen molar-refractivity contribution in [2.45, 2.75) is 18.9 Å². The van der Waals surface area contributed by atoms with E-state index >= 15 is 0 Å². The van der Waals surface area contributed by atoms with E-state index in [2.05, 4.69) is 6.58 Å². The highest BCUT2D eigenvalue weighted by Gasteiger charge is 2.12. The van der Waals surface area contributed by atoms with Crippen molar-refractivity contribution in [3.05, 3.63) is 48.3 Å². The molecule has 1 aromatic rings. The number of hydrogen-bond acceptors (Lipinski definition) is 2. The second-order valence-corrected chi connectivity index (χ2v) is 3.40. The second-order valence-electron chi connectivity index (χ2n) is 3.40. The Morgan fingerprint density at radius 3 is 2.93 bits per heavy atom. The van der Waals surface area contributed by atoms with Crippen LogP contribution in [0.1, 0.15) is 12.0 Å². The molecular weight excluding hydrogens is 193 g/mol. The van der Waals surface area contributed by atoms with Gasteiger partial charge in [-0.15, -0.1) is 6.58 Å². The van der Waals surface area contributed by atoms with Crippen molar-refractivity contribution in [2.75, 3.05) is 0 Å². The van der Waals surface area contributed by atoms with Crippen molar-refractivity contribution < 1.29 is 9.18 Å². The van der Waals surface area contributed by atoms with E-state index in [4.69, 9.17) is 5.73 Å². The van der Waals surface area contributed by atoms with Crippen LogP contribution < -0.4 is 5.73 Å². The molecule has 0 bridgehead atoms. The van der Waals surface area contributed by atoms with Crippen molar-refractivity contribution in [2.24, 2.45) is 5.73 Å². The molecule has 1 unspecified atom stereocenters. The Morgan fingerprint density at radius 1 is 1.60 bits per heavy atom. The number of ketones is 1. The number of Topliss-reactive ketones (excluding diaryl/α,β-unsaturated/α-hetero) is 1. The zero-order valence-electron chi connectivity index (χ0n) is 8.45. The summed E-state index contributed by atoms with van der Waals surface area (Å²) in [7, 11) is 0. The molecule has 0 saturated heterocycles. The van der Waals surface area contributed by atoms with Crippen LogP contribution in [0.3, 0.4) is 0 Å². The summed E-state index contributed by atoms with van der Waals surface area (Å²) < 4.78 is 12.8. The Hall–Kier alpha value is -1.48. The minimum atomic E-state index is -0.536. The summed E-state index contributed by atoms with van der Waals surface area (Å²) in [6.45, 7) is 3.51. The SMILES string of the molecule is C=CCC(N)C(=O)Cc1cccc(F)c1. The largest absolute Gasteiger partial charge is 0.321 e. The lowest BCUT2D eigenvalue weighted by Crippen LogP contribution is -2.31. The van der Waals surface area contributed by atoms with E-state index in [1.807, 2.05) is 0 Å². The van der Waals surface area contributed by atoms with Crippen molar-refractivity contribution in [1.82, 2.24) is 0 Å². The summed E-state index contributed by atoms with van der Waals surface area (Å²) in [5, 5.41) is 0. The zero-order chi connectivity index (χ0) is 11.3. The van der Waals surface area contributed by atoms with Gasteiger partial charge in [0.15, 0.2) is 5.78 Å². The van der Waals surface area contributed by atoms with Crippen LogP contribution in [-0.2, 0) is 11.2 Å². The summed E-state index contributed by atoms with van der Waals surface area (Å²) >= 11 is 0. The van der Waals surface area contributed by atoms with Gasteiger partial charge in [0.05, 0.1) is 6.04 Å². The summed E-state index contributed by atoms with van der Waals surface area (Å²) in [6, 6.07) is 5.44. The summed E-state index contributed by atoms with van der Waals surface area (Å²) in [5.74, 6) is -0.432. The third-order valence-corrected chi connectivity index (χ3v) is 2.10. The Kier molecular flexibility index (Phi) is 4.18. The molecule has 0 aliphatic rings. The minimum absolute atomic E-state index is 0.0968. The Morgan fingerprint density at radius 2 is 2.33 bits per heavy atom. The number of halogens is 1. The Labute approximate surface area is 88.6 Å². The van der Waals surface area contributed by atoms with Crippen LogP contribution in [0.15, 0.2) is 36.9 Å². The lowest BCUT2D eigenvalue weighted by atomic mass is 10.0. The summed E-state index contributed by atoms with van der Waals surface area (Å²) in [4.78, 5) is 11.5. The van der Waals surface area contributed by atoms with Crippen LogP contribution in [0.5, 0.6) is 0 Å². The molecule has 0 saturated carbocycles. The monoisotopic (exact) mass is 207 g/mol. The van der Waals surface area contributed by atoms with Crippen molar-refractivity contribution in [1.29, 1.82) is 0 Å². The van der Waals surface area contributed by atoms with E-state index in [-0.39, 0.29) is 18.0 Å². The molecule has 0 amide bonds. The van der Waals surface area contributed by atoms with Gasteiger partial charge in [0.2, 0.25) is 0 Å². The average Bonchev–Trinajstić information content (AvgIpc) is 2.18. The fraction of sp³-hybridized carbons (Fsp3) is 0.250. The van der Waals surface area contributed by atoms with Gasteiger partial charge >= 0.3 is 0 Å². The fourth-order valence-electron chi connectivity index (χ4n) is 1.29. The second kappa shape index (κ2) is 5.41. The highest BCUT2D eigenvalue weighted by Crippen LogP contribution is 2.06. The molecule has 0 aromatic heterocycles. The minimum Gasteiger partial charge on any atom is -0.321 e. The van der Waals surface area contributed by atoms with E-state index in [0.29, 0.717) is 12.0 Å². The van der Waals surface area contributed by atoms with E-state index in [1.54, 1.807) is 18.2 Å². The molecule has 0 radical (unpaired) electrons. The molecule has 2 nitrogen and oxygen atoms in total. The maximum absolute atomic E-state index is 12.8. The maximum Gasteiger partial charge on any atom is 0.154 e. The maximum atomic E-state index is 12.8. The van der Waals surface area contributed by atoms with Gasteiger partial charge in [-0.25, -0.2) is 4.39 Å². The number of benzene rings is 1. The Bertz CT molecular complexity index is 362. The van der Waals surface area contributed by atoms with E-state index in [1.165, 1.54) is 12.1 Å². The summed E-state index contributed by atoms with van der Waals surface area (Å²) in [6.07, 6.45) is 2.23. The topological polar surface area (TPSA) is 43.1 Å². The molecule has 0 spiro atoms. The van der Waals surface area contributed by atoms with Crippen molar-refractivity contribution >= 4 is 5.78 Å². The molecule has 0 aliphatic carbocycles. The fourth-order valence-corrected chi connectivity index (χ4v) is 1.29. The number of hydrogen-bond donors (Lipinski definition) is 1. The van der Waals surface area contributed by atoms with Crippen molar-refractivity contribution in [3.8, 4) is 0 Å². The van der Waals surface area contributed by atoms with Crippen LogP contribution in [0, 0.1) is 5.82 Å². The lowest BCUT2D eigenvalue weighted by molar-refractivity contribution is -0.119. The predicted molar refractivity (Wildman–Crippen MR) is 57.9 cm³/mol. The van der Waals surface area contributed by atoms with E-state index in [0.717, 1.165) is 0 Å². The first kappa shape index (κ1) is 11.6. The van der Waals surface area contributed by atoms with Crippen LogP contribution in [0.2, 0.25) is 0 Å². The van der Waals surface area contributed by atoms with Crippen LogP contribution in [-0.4, -0.2) is 11.8 Å². The molecule has 0 heterocycles. The molecule has 0 aliphatic heterocycles. The van der Waals surface area contributed by atoms with E-state index in [9.17, 15) is 9.18 Å². The average molecular weight is 207 g/mol. The van der Waals surface area contributed by atoms with Gasteiger partial charge < -0.3 is 5.73 Å². The third kappa shape index (κ3) is 3.64. The normalized spacial score (nSPS) is 12.1. The standard InChI is InChI=1S/C12H14FNO/c1-2-4-11(14)12(15)8-9-5-3-6-10(13)7-9/h2-3,5-7,11H,1,4,8,14H2. The number of rotatable bonds is 5.